The Labute approximate surface area is 134 Å². The number of hydrogen-bond acceptors (Lipinski definition) is 3. The summed E-state index contributed by atoms with van der Waals surface area (Å²) in [5.41, 5.74) is 1.34. The Morgan fingerprint density at radius 2 is 2.09 bits per heavy atom. The first-order valence-electron chi connectivity index (χ1n) is 8.89. The van der Waals surface area contributed by atoms with Crippen LogP contribution >= 0.6 is 0 Å². The van der Waals surface area contributed by atoms with E-state index in [1.54, 1.807) is 0 Å². The Bertz CT molecular complexity index is 508. The number of ether oxygens (including phenoxy) is 2. The van der Waals surface area contributed by atoms with Crippen molar-refractivity contribution in [2.75, 3.05) is 6.54 Å². The molecule has 3 rings (SSSR count). The van der Waals surface area contributed by atoms with Crippen molar-refractivity contribution in [1.29, 1.82) is 0 Å². The van der Waals surface area contributed by atoms with Crippen molar-refractivity contribution in [3.8, 4) is 11.5 Å². The number of benzene rings is 1. The average molecular weight is 303 g/mol. The van der Waals surface area contributed by atoms with Gasteiger partial charge in [-0.2, -0.15) is 0 Å². The summed E-state index contributed by atoms with van der Waals surface area (Å²) in [5.74, 6) is 1.96. The van der Waals surface area contributed by atoms with Crippen LogP contribution in [0.25, 0.3) is 0 Å². The third-order valence-electron chi connectivity index (χ3n) is 5.14. The van der Waals surface area contributed by atoms with E-state index in [-0.39, 0.29) is 11.7 Å². The fourth-order valence-corrected chi connectivity index (χ4v) is 3.79. The van der Waals surface area contributed by atoms with Crippen LogP contribution in [0.3, 0.4) is 0 Å². The van der Waals surface area contributed by atoms with Gasteiger partial charge in [-0.3, -0.25) is 0 Å². The molecular formula is C19H29NO2. The third-order valence-corrected chi connectivity index (χ3v) is 5.14. The first-order valence-corrected chi connectivity index (χ1v) is 8.89. The zero-order chi connectivity index (χ0) is 15.6. The Kier molecular flexibility index (Phi) is 4.62. The molecule has 1 saturated carbocycles. The molecule has 0 radical (unpaired) electrons. The van der Waals surface area contributed by atoms with Crippen molar-refractivity contribution >= 4 is 0 Å². The molecule has 2 unspecified atom stereocenters. The molecule has 3 heteroatoms. The van der Waals surface area contributed by atoms with Crippen molar-refractivity contribution in [2.24, 2.45) is 0 Å². The molecule has 1 aromatic carbocycles. The summed E-state index contributed by atoms with van der Waals surface area (Å²) in [6, 6.07) is 6.78. The van der Waals surface area contributed by atoms with Gasteiger partial charge in [0.25, 0.3) is 0 Å². The highest BCUT2D eigenvalue weighted by Crippen LogP contribution is 2.48. The second-order valence-electron chi connectivity index (χ2n) is 6.84. The standard InChI is InChI=1S/C19H29NO2/c1-4-14(3)21-15-8-9-16-17(20-5-2)13-19(10-6-7-11-19)22-18(16)12-15/h8-9,12,14,17,20H,4-7,10-11,13H2,1-3H3. The van der Waals surface area contributed by atoms with E-state index in [1.165, 1.54) is 31.2 Å². The highest BCUT2D eigenvalue weighted by atomic mass is 16.5. The minimum absolute atomic E-state index is 0.0504. The van der Waals surface area contributed by atoms with Crippen LogP contribution in [0.4, 0.5) is 0 Å². The smallest absolute Gasteiger partial charge is 0.128 e. The molecule has 1 N–H and O–H groups in total. The van der Waals surface area contributed by atoms with Gasteiger partial charge in [0.05, 0.1) is 6.10 Å². The molecular weight excluding hydrogens is 274 g/mol. The maximum atomic E-state index is 6.49. The van der Waals surface area contributed by atoms with E-state index in [4.69, 9.17) is 9.47 Å². The van der Waals surface area contributed by atoms with Gasteiger partial charge >= 0.3 is 0 Å². The van der Waals surface area contributed by atoms with Crippen molar-refractivity contribution in [3.05, 3.63) is 23.8 Å². The van der Waals surface area contributed by atoms with E-state index in [9.17, 15) is 0 Å². The zero-order valence-corrected chi connectivity index (χ0v) is 14.2. The van der Waals surface area contributed by atoms with Crippen LogP contribution in [0.5, 0.6) is 11.5 Å². The van der Waals surface area contributed by atoms with Crippen LogP contribution in [0, 0.1) is 0 Å². The fourth-order valence-electron chi connectivity index (χ4n) is 3.79. The lowest BCUT2D eigenvalue weighted by Crippen LogP contribution is -2.42. The first kappa shape index (κ1) is 15.7. The van der Waals surface area contributed by atoms with Crippen LogP contribution in [-0.2, 0) is 0 Å². The van der Waals surface area contributed by atoms with Gasteiger partial charge in [-0.05, 0) is 51.6 Å². The Morgan fingerprint density at radius 1 is 1.32 bits per heavy atom. The molecule has 122 valence electrons. The number of hydrogen-bond donors (Lipinski definition) is 1. The van der Waals surface area contributed by atoms with Crippen molar-refractivity contribution in [3.63, 3.8) is 0 Å². The maximum Gasteiger partial charge on any atom is 0.128 e. The topological polar surface area (TPSA) is 30.5 Å². The predicted molar refractivity (Wildman–Crippen MR) is 89.7 cm³/mol. The summed E-state index contributed by atoms with van der Waals surface area (Å²) < 4.78 is 12.5. The maximum absolute atomic E-state index is 6.49. The second-order valence-corrected chi connectivity index (χ2v) is 6.84. The van der Waals surface area contributed by atoms with Crippen molar-refractivity contribution < 1.29 is 9.47 Å². The zero-order valence-electron chi connectivity index (χ0n) is 14.2. The third kappa shape index (κ3) is 3.10. The summed E-state index contributed by atoms with van der Waals surface area (Å²) in [6.07, 6.45) is 7.30. The van der Waals surface area contributed by atoms with Gasteiger partial charge in [0.2, 0.25) is 0 Å². The SMILES string of the molecule is CCNC1CC2(CCCC2)Oc2cc(OC(C)CC)ccc21. The lowest BCUT2D eigenvalue weighted by Gasteiger charge is -2.40. The van der Waals surface area contributed by atoms with Gasteiger partial charge in [0.1, 0.15) is 17.1 Å². The van der Waals surface area contributed by atoms with E-state index in [0.717, 1.165) is 30.9 Å². The summed E-state index contributed by atoms with van der Waals surface area (Å²) in [5, 5.41) is 3.64. The largest absolute Gasteiger partial charge is 0.491 e. The predicted octanol–water partition coefficient (Wildman–Crippen LogP) is 4.61. The molecule has 0 amide bonds. The van der Waals surface area contributed by atoms with Crippen molar-refractivity contribution in [1.82, 2.24) is 5.32 Å². The summed E-state index contributed by atoms with van der Waals surface area (Å²) >= 11 is 0. The van der Waals surface area contributed by atoms with Gasteiger partial charge in [0.15, 0.2) is 0 Å². The summed E-state index contributed by atoms with van der Waals surface area (Å²) in [4.78, 5) is 0. The molecule has 0 aromatic heterocycles. The minimum atomic E-state index is 0.0504. The molecule has 0 bridgehead atoms. The normalized spacial score (nSPS) is 23.9. The van der Waals surface area contributed by atoms with Crippen LogP contribution in [0.1, 0.15) is 70.9 Å². The molecule has 3 nitrogen and oxygen atoms in total. The average Bonchev–Trinajstić information content (AvgIpc) is 2.94. The van der Waals surface area contributed by atoms with Crippen LogP contribution < -0.4 is 14.8 Å². The highest BCUT2D eigenvalue weighted by Gasteiger charge is 2.42. The van der Waals surface area contributed by atoms with E-state index >= 15 is 0 Å². The second kappa shape index (κ2) is 6.49. The Morgan fingerprint density at radius 3 is 2.77 bits per heavy atom. The lowest BCUT2D eigenvalue weighted by molar-refractivity contribution is 0.0366. The molecule has 0 saturated heterocycles. The highest BCUT2D eigenvalue weighted by molar-refractivity contribution is 5.45. The molecule has 1 aliphatic heterocycles. The van der Waals surface area contributed by atoms with Crippen molar-refractivity contribution in [2.45, 2.75) is 77.0 Å². The van der Waals surface area contributed by atoms with Gasteiger partial charge in [-0.25, -0.2) is 0 Å². The first-order chi connectivity index (χ1) is 10.7. The van der Waals surface area contributed by atoms with E-state index < -0.39 is 0 Å². The van der Waals surface area contributed by atoms with Crippen LogP contribution in [0.15, 0.2) is 18.2 Å². The van der Waals surface area contributed by atoms with Crippen LogP contribution in [0.2, 0.25) is 0 Å². The molecule has 2 atom stereocenters. The molecule has 1 aromatic rings. The van der Waals surface area contributed by atoms with Gasteiger partial charge in [-0.1, -0.05) is 19.9 Å². The summed E-state index contributed by atoms with van der Waals surface area (Å²) in [7, 11) is 0. The summed E-state index contributed by atoms with van der Waals surface area (Å²) in [6.45, 7) is 7.43. The molecule has 22 heavy (non-hydrogen) atoms. The van der Waals surface area contributed by atoms with E-state index in [2.05, 4.69) is 44.3 Å². The molecule has 2 aliphatic rings. The molecule has 1 spiro atoms. The molecule has 1 heterocycles. The fraction of sp³-hybridized carbons (Fsp3) is 0.684. The quantitative estimate of drug-likeness (QED) is 0.861. The van der Waals surface area contributed by atoms with E-state index in [1.807, 2.05) is 0 Å². The monoisotopic (exact) mass is 303 g/mol. The molecule has 1 aliphatic carbocycles. The minimum Gasteiger partial charge on any atom is -0.491 e. The van der Waals surface area contributed by atoms with E-state index in [0.29, 0.717) is 6.04 Å². The van der Waals surface area contributed by atoms with Gasteiger partial charge in [0, 0.05) is 24.1 Å². The number of rotatable bonds is 5. The number of nitrogens with one attached hydrogen (secondary N) is 1. The van der Waals surface area contributed by atoms with Crippen LogP contribution in [-0.4, -0.2) is 18.2 Å². The number of fused-ring (bicyclic) bond motifs is 1. The lowest BCUT2D eigenvalue weighted by atomic mass is 9.86. The Balaban J connectivity index is 1.88. The molecule has 1 fully saturated rings. The Hall–Kier alpha value is -1.22. The van der Waals surface area contributed by atoms with Gasteiger partial charge < -0.3 is 14.8 Å². The van der Waals surface area contributed by atoms with Gasteiger partial charge in [-0.15, -0.1) is 0 Å².